The highest BCUT2D eigenvalue weighted by atomic mass is 16.5. The summed E-state index contributed by atoms with van der Waals surface area (Å²) in [7, 11) is 3.38. The van der Waals surface area contributed by atoms with Gasteiger partial charge in [0.1, 0.15) is 11.5 Å². The molecular formula is C16H27NO2. The van der Waals surface area contributed by atoms with Crippen LogP contribution in [0.2, 0.25) is 0 Å². The molecule has 0 bridgehead atoms. The zero-order valence-electron chi connectivity index (χ0n) is 12.8. The van der Waals surface area contributed by atoms with Crippen LogP contribution in [0.15, 0.2) is 18.2 Å². The van der Waals surface area contributed by atoms with E-state index in [4.69, 9.17) is 9.47 Å². The smallest absolute Gasteiger partial charge is 0.122 e. The van der Waals surface area contributed by atoms with Crippen molar-refractivity contribution in [2.45, 2.75) is 33.1 Å². The third kappa shape index (κ3) is 4.75. The Morgan fingerprint density at radius 1 is 1.05 bits per heavy atom. The van der Waals surface area contributed by atoms with Gasteiger partial charge in [0.15, 0.2) is 0 Å². The molecule has 1 N–H and O–H groups in total. The summed E-state index contributed by atoms with van der Waals surface area (Å²) in [6, 6.07) is 6.11. The van der Waals surface area contributed by atoms with Gasteiger partial charge < -0.3 is 14.8 Å². The largest absolute Gasteiger partial charge is 0.497 e. The zero-order valence-corrected chi connectivity index (χ0v) is 12.8. The minimum Gasteiger partial charge on any atom is -0.497 e. The number of rotatable bonds is 8. The second-order valence-corrected chi connectivity index (χ2v) is 5.12. The molecule has 0 aliphatic rings. The van der Waals surface area contributed by atoms with Crippen molar-refractivity contribution in [2.75, 3.05) is 27.3 Å². The van der Waals surface area contributed by atoms with E-state index in [9.17, 15) is 0 Å². The Balaban J connectivity index is 2.76. The molecule has 19 heavy (non-hydrogen) atoms. The molecule has 0 fully saturated rings. The lowest BCUT2D eigenvalue weighted by Gasteiger charge is -2.22. The number of benzene rings is 1. The molecule has 0 amide bonds. The molecule has 2 atom stereocenters. The number of hydrogen-bond donors (Lipinski definition) is 1. The van der Waals surface area contributed by atoms with Gasteiger partial charge in [0.25, 0.3) is 0 Å². The average Bonchev–Trinajstić information content (AvgIpc) is 2.45. The lowest BCUT2D eigenvalue weighted by Crippen LogP contribution is -2.25. The topological polar surface area (TPSA) is 30.5 Å². The molecule has 3 heteroatoms. The summed E-state index contributed by atoms with van der Waals surface area (Å²) in [5, 5.41) is 3.48. The Bertz CT molecular complexity index is 357. The quantitative estimate of drug-likeness (QED) is 0.730. The van der Waals surface area contributed by atoms with Gasteiger partial charge in [-0.05, 0) is 49.0 Å². The molecule has 0 aliphatic heterocycles. The van der Waals surface area contributed by atoms with E-state index in [0.29, 0.717) is 11.8 Å². The summed E-state index contributed by atoms with van der Waals surface area (Å²) in [6.07, 6.45) is 1.17. The van der Waals surface area contributed by atoms with Crippen LogP contribution in [0.4, 0.5) is 0 Å². The Morgan fingerprint density at radius 2 is 1.63 bits per heavy atom. The minimum absolute atomic E-state index is 0.466. The Hall–Kier alpha value is -1.22. The van der Waals surface area contributed by atoms with Crippen LogP contribution < -0.4 is 14.8 Å². The standard InChI is InChI=1S/C16H27NO2/c1-6-7-17-11-12(2)13(3)14-8-15(18-4)10-16(9-14)19-5/h8-10,12-13,17H,6-7,11H2,1-5H3. The van der Waals surface area contributed by atoms with E-state index in [1.54, 1.807) is 14.2 Å². The van der Waals surface area contributed by atoms with Gasteiger partial charge in [0, 0.05) is 6.07 Å². The van der Waals surface area contributed by atoms with Crippen molar-refractivity contribution in [3.63, 3.8) is 0 Å². The first-order chi connectivity index (χ1) is 9.12. The van der Waals surface area contributed by atoms with E-state index in [2.05, 4.69) is 38.2 Å². The van der Waals surface area contributed by atoms with Gasteiger partial charge in [0.05, 0.1) is 14.2 Å². The molecule has 0 heterocycles. The molecule has 108 valence electrons. The first-order valence-electron chi connectivity index (χ1n) is 7.06. The van der Waals surface area contributed by atoms with Crippen LogP contribution in [-0.2, 0) is 0 Å². The molecule has 1 rings (SSSR count). The molecule has 3 nitrogen and oxygen atoms in total. The lowest BCUT2D eigenvalue weighted by atomic mass is 9.88. The molecule has 1 aromatic rings. The second kappa shape index (κ2) is 8.05. The number of nitrogens with one attached hydrogen (secondary N) is 1. The summed E-state index contributed by atoms with van der Waals surface area (Å²) in [5.74, 6) is 2.75. The van der Waals surface area contributed by atoms with Crippen LogP contribution in [0.1, 0.15) is 38.7 Å². The first kappa shape index (κ1) is 15.8. The maximum absolute atomic E-state index is 5.33. The van der Waals surface area contributed by atoms with Gasteiger partial charge in [0.2, 0.25) is 0 Å². The van der Waals surface area contributed by atoms with Crippen molar-refractivity contribution in [1.82, 2.24) is 5.32 Å². The van der Waals surface area contributed by atoms with Crippen LogP contribution in [-0.4, -0.2) is 27.3 Å². The monoisotopic (exact) mass is 265 g/mol. The van der Waals surface area contributed by atoms with Crippen LogP contribution in [0.3, 0.4) is 0 Å². The van der Waals surface area contributed by atoms with Crippen molar-refractivity contribution in [1.29, 1.82) is 0 Å². The number of ether oxygens (including phenoxy) is 2. The molecular weight excluding hydrogens is 238 g/mol. The van der Waals surface area contributed by atoms with E-state index in [1.165, 1.54) is 12.0 Å². The van der Waals surface area contributed by atoms with E-state index >= 15 is 0 Å². The fourth-order valence-corrected chi connectivity index (χ4v) is 2.10. The van der Waals surface area contributed by atoms with Crippen LogP contribution in [0.5, 0.6) is 11.5 Å². The third-order valence-electron chi connectivity index (χ3n) is 3.65. The highest BCUT2D eigenvalue weighted by Crippen LogP contribution is 2.31. The van der Waals surface area contributed by atoms with Gasteiger partial charge in [-0.3, -0.25) is 0 Å². The van der Waals surface area contributed by atoms with Crippen molar-refractivity contribution in [3.05, 3.63) is 23.8 Å². The molecule has 0 radical (unpaired) electrons. The summed E-state index contributed by atoms with van der Waals surface area (Å²) in [6.45, 7) is 8.84. The molecule has 2 unspecified atom stereocenters. The molecule has 0 aliphatic carbocycles. The SMILES string of the molecule is CCCNCC(C)C(C)c1cc(OC)cc(OC)c1. The number of methoxy groups -OCH3 is 2. The summed E-state index contributed by atoms with van der Waals surface area (Å²) < 4.78 is 10.7. The van der Waals surface area contributed by atoms with Gasteiger partial charge in [-0.15, -0.1) is 0 Å². The van der Waals surface area contributed by atoms with Crippen LogP contribution in [0, 0.1) is 5.92 Å². The molecule has 1 aromatic carbocycles. The summed E-state index contributed by atoms with van der Waals surface area (Å²) in [5.41, 5.74) is 1.27. The van der Waals surface area contributed by atoms with Gasteiger partial charge in [-0.2, -0.15) is 0 Å². The molecule has 0 saturated heterocycles. The van der Waals surface area contributed by atoms with Crippen LogP contribution in [0.25, 0.3) is 0 Å². The van der Waals surface area contributed by atoms with Crippen molar-refractivity contribution >= 4 is 0 Å². The first-order valence-corrected chi connectivity index (χ1v) is 7.06. The maximum atomic E-state index is 5.33. The van der Waals surface area contributed by atoms with Crippen LogP contribution >= 0.6 is 0 Å². The molecule has 0 saturated carbocycles. The predicted molar refractivity (Wildman–Crippen MR) is 80.3 cm³/mol. The lowest BCUT2D eigenvalue weighted by molar-refractivity contribution is 0.389. The molecule has 0 spiro atoms. The van der Waals surface area contributed by atoms with Gasteiger partial charge in [-0.1, -0.05) is 20.8 Å². The zero-order chi connectivity index (χ0) is 14.3. The molecule has 0 aromatic heterocycles. The van der Waals surface area contributed by atoms with E-state index in [0.717, 1.165) is 24.6 Å². The van der Waals surface area contributed by atoms with Crippen molar-refractivity contribution in [3.8, 4) is 11.5 Å². The van der Waals surface area contributed by atoms with Gasteiger partial charge in [-0.25, -0.2) is 0 Å². The van der Waals surface area contributed by atoms with Crippen molar-refractivity contribution in [2.24, 2.45) is 5.92 Å². The summed E-state index contributed by atoms with van der Waals surface area (Å²) in [4.78, 5) is 0. The van der Waals surface area contributed by atoms with E-state index in [1.807, 2.05) is 6.07 Å². The predicted octanol–water partition coefficient (Wildman–Crippen LogP) is 3.44. The third-order valence-corrected chi connectivity index (χ3v) is 3.65. The number of hydrogen-bond acceptors (Lipinski definition) is 3. The normalized spacial score (nSPS) is 13.9. The Morgan fingerprint density at radius 3 is 2.11 bits per heavy atom. The van der Waals surface area contributed by atoms with Crippen molar-refractivity contribution < 1.29 is 9.47 Å². The Kier molecular flexibility index (Phi) is 6.71. The minimum atomic E-state index is 0.466. The average molecular weight is 265 g/mol. The van der Waals surface area contributed by atoms with E-state index in [-0.39, 0.29) is 0 Å². The van der Waals surface area contributed by atoms with Gasteiger partial charge >= 0.3 is 0 Å². The Labute approximate surface area is 117 Å². The maximum Gasteiger partial charge on any atom is 0.122 e. The van der Waals surface area contributed by atoms with E-state index < -0.39 is 0 Å². The fraction of sp³-hybridized carbons (Fsp3) is 0.625. The highest BCUT2D eigenvalue weighted by Gasteiger charge is 2.16. The fourth-order valence-electron chi connectivity index (χ4n) is 2.10. The highest BCUT2D eigenvalue weighted by molar-refractivity contribution is 5.40. The second-order valence-electron chi connectivity index (χ2n) is 5.12. The summed E-state index contributed by atoms with van der Waals surface area (Å²) >= 11 is 0.